The molecule has 1 amide bonds. The number of amides is 1. The zero-order valence-electron chi connectivity index (χ0n) is 12.1. The summed E-state index contributed by atoms with van der Waals surface area (Å²) < 4.78 is 0. The van der Waals surface area contributed by atoms with Gasteiger partial charge in [0.05, 0.1) is 0 Å². The van der Waals surface area contributed by atoms with E-state index in [1.165, 1.54) is 0 Å². The van der Waals surface area contributed by atoms with Gasteiger partial charge in [-0.1, -0.05) is 31.5 Å². The fourth-order valence-corrected chi connectivity index (χ4v) is 2.42. The van der Waals surface area contributed by atoms with E-state index in [9.17, 15) is 9.59 Å². The van der Waals surface area contributed by atoms with Crippen molar-refractivity contribution in [2.24, 2.45) is 5.41 Å². The highest BCUT2D eigenvalue weighted by Crippen LogP contribution is 2.32. The number of aryl methyl sites for hydroxylation is 1. The molecule has 0 atom stereocenters. The fourth-order valence-electron chi connectivity index (χ4n) is 2.42. The van der Waals surface area contributed by atoms with E-state index < -0.39 is 0 Å². The number of rotatable bonds is 3. The number of allylic oxidation sites excluding steroid dienone is 2. The highest BCUT2D eigenvalue weighted by atomic mass is 16.2. The molecule has 1 aliphatic carbocycles. The van der Waals surface area contributed by atoms with Crippen LogP contribution in [0.1, 0.15) is 42.6 Å². The monoisotopic (exact) mass is 272 g/mol. The number of nitrogens with one attached hydrogen (secondary N) is 2. The van der Waals surface area contributed by atoms with Gasteiger partial charge in [-0.2, -0.15) is 0 Å². The van der Waals surface area contributed by atoms with Gasteiger partial charge in [0, 0.05) is 23.8 Å². The lowest BCUT2D eigenvalue weighted by molar-refractivity contribution is -0.117. The van der Waals surface area contributed by atoms with Crippen LogP contribution in [0.5, 0.6) is 0 Å². The van der Waals surface area contributed by atoms with E-state index >= 15 is 0 Å². The predicted molar refractivity (Wildman–Crippen MR) is 77.9 cm³/mol. The number of hydrogen-bond acceptors (Lipinski definition) is 3. The molecule has 4 heteroatoms. The highest BCUT2D eigenvalue weighted by Gasteiger charge is 2.27. The summed E-state index contributed by atoms with van der Waals surface area (Å²) in [7, 11) is 0. The number of hydrazine groups is 1. The zero-order valence-corrected chi connectivity index (χ0v) is 12.1. The van der Waals surface area contributed by atoms with E-state index in [0.717, 1.165) is 17.7 Å². The first-order chi connectivity index (χ1) is 9.35. The van der Waals surface area contributed by atoms with Crippen LogP contribution in [0.25, 0.3) is 0 Å². The van der Waals surface area contributed by atoms with Crippen molar-refractivity contribution in [3.8, 4) is 0 Å². The van der Waals surface area contributed by atoms with E-state index in [2.05, 4.69) is 10.9 Å². The van der Waals surface area contributed by atoms with Crippen LogP contribution in [-0.2, 0) is 4.79 Å². The predicted octanol–water partition coefficient (Wildman–Crippen LogP) is 2.50. The van der Waals surface area contributed by atoms with Crippen molar-refractivity contribution in [1.82, 2.24) is 10.9 Å². The largest absolute Gasteiger partial charge is 0.302 e. The lowest BCUT2D eigenvalue weighted by Gasteiger charge is -2.29. The summed E-state index contributed by atoms with van der Waals surface area (Å²) in [5.74, 6) is -0.112. The van der Waals surface area contributed by atoms with Crippen molar-refractivity contribution in [3.05, 3.63) is 47.2 Å². The third-order valence-corrected chi connectivity index (χ3v) is 3.27. The van der Waals surface area contributed by atoms with Crippen LogP contribution in [-0.4, -0.2) is 11.7 Å². The lowest BCUT2D eigenvalue weighted by Crippen LogP contribution is -2.39. The van der Waals surface area contributed by atoms with Gasteiger partial charge in [0.15, 0.2) is 5.78 Å². The van der Waals surface area contributed by atoms with Crippen molar-refractivity contribution in [2.75, 3.05) is 0 Å². The van der Waals surface area contributed by atoms with Crippen LogP contribution < -0.4 is 10.9 Å². The number of carbonyl (C=O) groups is 2. The third kappa shape index (κ3) is 3.70. The summed E-state index contributed by atoms with van der Waals surface area (Å²) in [6.07, 6.45) is 2.86. The van der Waals surface area contributed by atoms with Crippen LogP contribution >= 0.6 is 0 Å². The minimum atomic E-state index is -0.203. The second kappa shape index (κ2) is 5.49. The number of ketones is 1. The van der Waals surface area contributed by atoms with Crippen molar-refractivity contribution >= 4 is 11.7 Å². The van der Waals surface area contributed by atoms with Gasteiger partial charge >= 0.3 is 0 Å². The molecule has 0 bridgehead atoms. The lowest BCUT2D eigenvalue weighted by atomic mass is 9.79. The molecule has 0 saturated heterocycles. The quantitative estimate of drug-likeness (QED) is 0.831. The summed E-state index contributed by atoms with van der Waals surface area (Å²) >= 11 is 0. The van der Waals surface area contributed by atoms with Gasteiger partial charge in [-0.05, 0) is 30.9 Å². The molecule has 0 fully saturated rings. The highest BCUT2D eigenvalue weighted by molar-refractivity contribution is 5.94. The van der Waals surface area contributed by atoms with E-state index in [0.29, 0.717) is 12.0 Å². The van der Waals surface area contributed by atoms with Crippen molar-refractivity contribution in [2.45, 2.75) is 33.6 Å². The zero-order chi connectivity index (χ0) is 14.8. The molecular formula is C16H20N2O2. The van der Waals surface area contributed by atoms with Gasteiger partial charge < -0.3 is 5.43 Å². The van der Waals surface area contributed by atoms with E-state index in [-0.39, 0.29) is 17.1 Å². The first-order valence-corrected chi connectivity index (χ1v) is 6.72. The Labute approximate surface area is 119 Å². The summed E-state index contributed by atoms with van der Waals surface area (Å²) in [5.41, 5.74) is 7.83. The van der Waals surface area contributed by atoms with Crippen LogP contribution in [0.4, 0.5) is 0 Å². The summed E-state index contributed by atoms with van der Waals surface area (Å²) in [6.45, 7) is 6.03. The molecule has 0 saturated carbocycles. The summed E-state index contributed by atoms with van der Waals surface area (Å²) in [6, 6.07) is 7.36. The number of benzene rings is 1. The Morgan fingerprint density at radius 3 is 2.65 bits per heavy atom. The Morgan fingerprint density at radius 1 is 1.25 bits per heavy atom. The molecule has 2 rings (SSSR count). The molecule has 0 unspecified atom stereocenters. The van der Waals surface area contributed by atoms with Crippen molar-refractivity contribution < 1.29 is 9.59 Å². The molecule has 1 aromatic carbocycles. The Hall–Kier alpha value is -2.10. The van der Waals surface area contributed by atoms with Crippen molar-refractivity contribution in [1.29, 1.82) is 0 Å². The SMILES string of the molecule is Cc1cccc(C(=O)NNC2=CC(=O)CC(C)(C)C2)c1. The van der Waals surface area contributed by atoms with Gasteiger partial charge in [-0.15, -0.1) is 0 Å². The standard InChI is InChI=1S/C16H20N2O2/c1-11-5-4-6-12(7-11)15(20)18-17-13-8-14(19)10-16(2,3)9-13/h4-8,17H,9-10H2,1-3H3,(H,18,20). The first kappa shape index (κ1) is 14.3. The molecule has 2 N–H and O–H groups in total. The topological polar surface area (TPSA) is 58.2 Å². The molecule has 20 heavy (non-hydrogen) atoms. The van der Waals surface area contributed by atoms with E-state index in [1.54, 1.807) is 12.1 Å². The maximum atomic E-state index is 12.0. The molecule has 0 heterocycles. The average molecular weight is 272 g/mol. The number of hydrogen-bond donors (Lipinski definition) is 2. The summed E-state index contributed by atoms with van der Waals surface area (Å²) in [4.78, 5) is 23.6. The Bertz CT molecular complexity index is 574. The maximum absolute atomic E-state index is 12.0. The first-order valence-electron chi connectivity index (χ1n) is 6.72. The van der Waals surface area contributed by atoms with Gasteiger partial charge in [0.2, 0.25) is 0 Å². The van der Waals surface area contributed by atoms with Gasteiger partial charge in [0.1, 0.15) is 0 Å². The van der Waals surface area contributed by atoms with E-state index in [4.69, 9.17) is 0 Å². The minimum Gasteiger partial charge on any atom is -0.302 e. The molecule has 0 radical (unpaired) electrons. The normalized spacial score (nSPS) is 17.4. The number of carbonyl (C=O) groups excluding carboxylic acids is 2. The molecule has 0 aliphatic heterocycles. The van der Waals surface area contributed by atoms with Gasteiger partial charge in [-0.25, -0.2) is 0 Å². The Balaban J connectivity index is 1.99. The van der Waals surface area contributed by atoms with Crippen LogP contribution in [0, 0.1) is 12.3 Å². The molecule has 1 aliphatic rings. The third-order valence-electron chi connectivity index (χ3n) is 3.27. The Morgan fingerprint density at radius 2 is 2.00 bits per heavy atom. The van der Waals surface area contributed by atoms with Gasteiger partial charge in [0.25, 0.3) is 5.91 Å². The second-order valence-corrected chi connectivity index (χ2v) is 6.10. The Kier molecular flexibility index (Phi) is 3.93. The van der Waals surface area contributed by atoms with Crippen LogP contribution in [0.15, 0.2) is 36.0 Å². The van der Waals surface area contributed by atoms with Crippen molar-refractivity contribution in [3.63, 3.8) is 0 Å². The van der Waals surface area contributed by atoms with E-state index in [1.807, 2.05) is 39.0 Å². The second-order valence-electron chi connectivity index (χ2n) is 6.10. The molecule has 1 aromatic rings. The fraction of sp³-hybridized carbons (Fsp3) is 0.375. The average Bonchev–Trinajstić information content (AvgIpc) is 2.33. The van der Waals surface area contributed by atoms with Crippen LogP contribution in [0.3, 0.4) is 0 Å². The van der Waals surface area contributed by atoms with Crippen LogP contribution in [0.2, 0.25) is 0 Å². The molecule has 4 nitrogen and oxygen atoms in total. The summed E-state index contributed by atoms with van der Waals surface area (Å²) in [5, 5.41) is 0. The smallest absolute Gasteiger partial charge is 0.269 e. The molecule has 106 valence electrons. The molecular weight excluding hydrogens is 252 g/mol. The molecule has 0 spiro atoms. The van der Waals surface area contributed by atoms with Gasteiger partial charge in [-0.3, -0.25) is 15.0 Å². The maximum Gasteiger partial charge on any atom is 0.269 e. The minimum absolute atomic E-state index is 0.0672. The molecule has 0 aromatic heterocycles.